The Hall–Kier alpha value is -0.890. The SMILES string of the molecule is CC[N+](CC)(CCF)Cc1ccccc1. The van der Waals surface area contributed by atoms with E-state index in [1.807, 2.05) is 18.2 Å². The summed E-state index contributed by atoms with van der Waals surface area (Å²) in [6.45, 7) is 7.61. The summed E-state index contributed by atoms with van der Waals surface area (Å²) in [5.74, 6) is 0. The highest BCUT2D eigenvalue weighted by molar-refractivity contribution is 5.13. The second-order valence-corrected chi connectivity index (χ2v) is 4.03. The highest BCUT2D eigenvalue weighted by Gasteiger charge is 2.22. The van der Waals surface area contributed by atoms with E-state index in [1.54, 1.807) is 0 Å². The van der Waals surface area contributed by atoms with Gasteiger partial charge >= 0.3 is 0 Å². The summed E-state index contributed by atoms with van der Waals surface area (Å²) in [4.78, 5) is 0. The molecule has 0 radical (unpaired) electrons. The molecule has 0 saturated carbocycles. The third kappa shape index (κ3) is 3.31. The monoisotopic (exact) mass is 210 g/mol. The fraction of sp³-hybridized carbons (Fsp3) is 0.538. The number of quaternary nitrogens is 1. The fourth-order valence-electron chi connectivity index (χ4n) is 1.99. The van der Waals surface area contributed by atoms with Crippen LogP contribution in [0.4, 0.5) is 4.39 Å². The predicted octanol–water partition coefficient (Wildman–Crippen LogP) is 3.01. The van der Waals surface area contributed by atoms with Crippen LogP contribution in [0.2, 0.25) is 0 Å². The van der Waals surface area contributed by atoms with Crippen molar-refractivity contribution >= 4 is 0 Å². The second kappa shape index (κ2) is 5.86. The van der Waals surface area contributed by atoms with Crippen LogP contribution in [0.3, 0.4) is 0 Å². The van der Waals surface area contributed by atoms with Crippen LogP contribution >= 0.6 is 0 Å². The van der Waals surface area contributed by atoms with Crippen LogP contribution in [-0.2, 0) is 6.54 Å². The number of alkyl halides is 1. The summed E-state index contributed by atoms with van der Waals surface area (Å²) >= 11 is 0. The highest BCUT2D eigenvalue weighted by atomic mass is 19.1. The molecule has 84 valence electrons. The first-order valence-corrected chi connectivity index (χ1v) is 5.71. The molecule has 0 heterocycles. The smallest absolute Gasteiger partial charge is 0.138 e. The normalized spacial score (nSPS) is 11.7. The zero-order chi connectivity index (χ0) is 11.1. The van der Waals surface area contributed by atoms with Gasteiger partial charge in [-0.15, -0.1) is 0 Å². The van der Waals surface area contributed by atoms with E-state index in [2.05, 4.69) is 26.0 Å². The van der Waals surface area contributed by atoms with Crippen molar-refractivity contribution < 1.29 is 8.87 Å². The lowest BCUT2D eigenvalue weighted by Crippen LogP contribution is -2.48. The Kier molecular flexibility index (Phi) is 4.76. The Labute approximate surface area is 92.1 Å². The molecule has 0 aliphatic rings. The fourth-order valence-corrected chi connectivity index (χ4v) is 1.99. The zero-order valence-electron chi connectivity index (χ0n) is 9.75. The van der Waals surface area contributed by atoms with Crippen molar-refractivity contribution in [2.75, 3.05) is 26.3 Å². The zero-order valence-corrected chi connectivity index (χ0v) is 9.75. The molecule has 1 aromatic carbocycles. The molecule has 0 aromatic heterocycles. The van der Waals surface area contributed by atoms with Crippen LogP contribution in [-0.4, -0.2) is 30.8 Å². The molecule has 0 amide bonds. The lowest BCUT2D eigenvalue weighted by molar-refractivity contribution is -0.937. The van der Waals surface area contributed by atoms with Gasteiger partial charge in [-0.1, -0.05) is 30.3 Å². The molecular formula is C13H21FN+. The van der Waals surface area contributed by atoms with Crippen LogP contribution in [0, 0.1) is 0 Å². The second-order valence-electron chi connectivity index (χ2n) is 4.03. The van der Waals surface area contributed by atoms with E-state index in [1.165, 1.54) is 5.56 Å². The average Bonchev–Trinajstić information content (AvgIpc) is 2.30. The van der Waals surface area contributed by atoms with Crippen LogP contribution in [0.1, 0.15) is 19.4 Å². The maximum absolute atomic E-state index is 12.5. The topological polar surface area (TPSA) is 0 Å². The third-order valence-electron chi connectivity index (χ3n) is 3.26. The summed E-state index contributed by atoms with van der Waals surface area (Å²) in [6, 6.07) is 10.4. The van der Waals surface area contributed by atoms with Crippen LogP contribution in [0.25, 0.3) is 0 Å². The quantitative estimate of drug-likeness (QED) is 0.633. The number of nitrogens with zero attached hydrogens (tertiary/aromatic N) is 1. The van der Waals surface area contributed by atoms with Crippen LogP contribution in [0.5, 0.6) is 0 Å². The van der Waals surface area contributed by atoms with Crippen molar-refractivity contribution in [3.8, 4) is 0 Å². The van der Waals surface area contributed by atoms with Gasteiger partial charge in [-0.05, 0) is 13.8 Å². The first-order valence-electron chi connectivity index (χ1n) is 5.71. The molecule has 2 heteroatoms. The summed E-state index contributed by atoms with van der Waals surface area (Å²) in [5, 5.41) is 0. The van der Waals surface area contributed by atoms with Crippen molar-refractivity contribution in [3.63, 3.8) is 0 Å². The minimum Gasteiger partial charge on any atom is -0.318 e. The minimum atomic E-state index is -0.228. The highest BCUT2D eigenvalue weighted by Crippen LogP contribution is 2.14. The van der Waals surface area contributed by atoms with Crippen molar-refractivity contribution in [1.29, 1.82) is 0 Å². The summed E-state index contributed by atoms with van der Waals surface area (Å²) in [5.41, 5.74) is 1.30. The van der Waals surface area contributed by atoms with Gasteiger partial charge in [-0.25, -0.2) is 4.39 Å². The van der Waals surface area contributed by atoms with Gasteiger partial charge in [0.25, 0.3) is 0 Å². The average molecular weight is 210 g/mol. The Balaban J connectivity index is 2.74. The Bertz CT molecular complexity index is 267. The Morgan fingerprint density at radius 3 is 2.13 bits per heavy atom. The van der Waals surface area contributed by atoms with Gasteiger partial charge in [0.15, 0.2) is 0 Å². The lowest BCUT2D eigenvalue weighted by atomic mass is 10.2. The number of hydrogen-bond donors (Lipinski definition) is 0. The van der Waals surface area contributed by atoms with Gasteiger partial charge in [-0.2, -0.15) is 0 Å². The van der Waals surface area contributed by atoms with E-state index in [0.717, 1.165) is 24.1 Å². The molecule has 0 spiro atoms. The molecule has 0 saturated heterocycles. The largest absolute Gasteiger partial charge is 0.318 e. The molecule has 0 bridgehead atoms. The van der Waals surface area contributed by atoms with E-state index in [4.69, 9.17) is 0 Å². The summed E-state index contributed by atoms with van der Waals surface area (Å²) in [7, 11) is 0. The molecule has 0 atom stereocenters. The molecule has 1 nitrogen and oxygen atoms in total. The number of halogens is 1. The van der Waals surface area contributed by atoms with Crippen molar-refractivity contribution in [2.24, 2.45) is 0 Å². The first-order chi connectivity index (χ1) is 7.26. The molecule has 0 unspecified atom stereocenters. The van der Waals surface area contributed by atoms with Gasteiger partial charge < -0.3 is 4.48 Å². The van der Waals surface area contributed by atoms with Crippen molar-refractivity contribution in [1.82, 2.24) is 0 Å². The molecule has 0 aliphatic heterocycles. The molecule has 0 aliphatic carbocycles. The van der Waals surface area contributed by atoms with E-state index >= 15 is 0 Å². The van der Waals surface area contributed by atoms with Gasteiger partial charge in [-0.3, -0.25) is 0 Å². The number of hydrogen-bond acceptors (Lipinski definition) is 0. The molecule has 15 heavy (non-hydrogen) atoms. The van der Waals surface area contributed by atoms with Gasteiger partial charge in [0.2, 0.25) is 0 Å². The molecule has 0 fully saturated rings. The van der Waals surface area contributed by atoms with Crippen LogP contribution < -0.4 is 0 Å². The Morgan fingerprint density at radius 2 is 1.67 bits per heavy atom. The van der Waals surface area contributed by atoms with Gasteiger partial charge in [0.1, 0.15) is 19.8 Å². The maximum atomic E-state index is 12.5. The third-order valence-corrected chi connectivity index (χ3v) is 3.26. The molecule has 1 aromatic rings. The standard InChI is InChI=1S/C13H21FN/c1-3-15(4-2,11-10-14)12-13-8-6-5-7-9-13/h5-9H,3-4,10-12H2,1-2H3/q+1. The first kappa shape index (κ1) is 12.2. The van der Waals surface area contributed by atoms with Crippen molar-refractivity contribution in [2.45, 2.75) is 20.4 Å². The van der Waals surface area contributed by atoms with E-state index in [0.29, 0.717) is 6.54 Å². The summed E-state index contributed by atoms with van der Waals surface area (Å²) in [6.07, 6.45) is 0. The van der Waals surface area contributed by atoms with E-state index in [9.17, 15) is 4.39 Å². The van der Waals surface area contributed by atoms with Crippen molar-refractivity contribution in [3.05, 3.63) is 35.9 Å². The summed E-state index contributed by atoms with van der Waals surface area (Å²) < 4.78 is 13.4. The molecular weight excluding hydrogens is 189 g/mol. The van der Waals surface area contributed by atoms with E-state index < -0.39 is 0 Å². The molecule has 0 N–H and O–H groups in total. The Morgan fingerprint density at radius 1 is 1.07 bits per heavy atom. The maximum Gasteiger partial charge on any atom is 0.138 e. The van der Waals surface area contributed by atoms with Gasteiger partial charge in [0.05, 0.1) is 13.1 Å². The predicted molar refractivity (Wildman–Crippen MR) is 62.3 cm³/mol. The number of rotatable bonds is 6. The van der Waals surface area contributed by atoms with E-state index in [-0.39, 0.29) is 6.67 Å². The lowest BCUT2D eigenvalue weighted by Gasteiger charge is -2.36. The van der Waals surface area contributed by atoms with Crippen LogP contribution in [0.15, 0.2) is 30.3 Å². The van der Waals surface area contributed by atoms with Gasteiger partial charge in [0, 0.05) is 5.56 Å². The minimum absolute atomic E-state index is 0.228. The number of benzene rings is 1. The molecule has 1 rings (SSSR count).